The zero-order chi connectivity index (χ0) is 17.6. The molecule has 2 atom stereocenters. The Balaban J connectivity index is 1.66. The third-order valence-corrected chi connectivity index (χ3v) is 5.09. The second-order valence-electron chi connectivity index (χ2n) is 6.89. The van der Waals surface area contributed by atoms with E-state index in [4.69, 9.17) is 4.74 Å². The summed E-state index contributed by atoms with van der Waals surface area (Å²) in [5, 5.41) is 3.19. The fourth-order valence-corrected chi connectivity index (χ4v) is 3.42. The highest BCUT2D eigenvalue weighted by Gasteiger charge is 2.30. The van der Waals surface area contributed by atoms with E-state index < -0.39 is 0 Å². The number of hydrogen-bond acceptors (Lipinski definition) is 4. The average molecular weight is 345 g/mol. The zero-order valence-electron chi connectivity index (χ0n) is 14.8. The van der Waals surface area contributed by atoms with Gasteiger partial charge >= 0.3 is 0 Å². The molecule has 2 aliphatic rings. The molecule has 1 aromatic carbocycles. The third kappa shape index (κ3) is 4.80. The molecule has 0 spiro atoms. The molecule has 0 radical (unpaired) electrons. The van der Waals surface area contributed by atoms with Gasteiger partial charge in [0, 0.05) is 45.6 Å². The molecule has 2 saturated heterocycles. The van der Waals surface area contributed by atoms with Gasteiger partial charge in [0.25, 0.3) is 0 Å². The van der Waals surface area contributed by atoms with Crippen molar-refractivity contribution in [1.29, 1.82) is 0 Å². The highest BCUT2D eigenvalue weighted by atomic mass is 16.5. The summed E-state index contributed by atoms with van der Waals surface area (Å²) in [5.74, 6) is -0.181. The van der Waals surface area contributed by atoms with Gasteiger partial charge in [0.15, 0.2) is 0 Å². The molecule has 136 valence electrons. The summed E-state index contributed by atoms with van der Waals surface area (Å²) >= 11 is 0. The number of morpholine rings is 1. The Kier molecular flexibility index (Phi) is 6.04. The summed E-state index contributed by atoms with van der Waals surface area (Å²) in [5.41, 5.74) is 1.10. The molecule has 2 unspecified atom stereocenters. The van der Waals surface area contributed by atoms with Crippen molar-refractivity contribution in [3.8, 4) is 0 Å². The minimum absolute atomic E-state index is 0.0106. The minimum atomic E-state index is -0.223. The second-order valence-corrected chi connectivity index (χ2v) is 6.89. The Morgan fingerprint density at radius 2 is 1.96 bits per heavy atom. The Morgan fingerprint density at radius 1 is 1.24 bits per heavy atom. The quantitative estimate of drug-likeness (QED) is 0.866. The molecule has 25 heavy (non-hydrogen) atoms. The SMILES string of the molecule is CN1CCC(C(=O)NC(CN2CCOCC2)c2ccccc2)CC1=O. The van der Waals surface area contributed by atoms with Crippen molar-refractivity contribution in [2.45, 2.75) is 18.9 Å². The normalized spacial score (nSPS) is 23.3. The molecule has 0 saturated carbocycles. The van der Waals surface area contributed by atoms with Crippen molar-refractivity contribution in [3.63, 3.8) is 0 Å². The molecule has 1 N–H and O–H groups in total. The van der Waals surface area contributed by atoms with E-state index in [-0.39, 0.29) is 23.8 Å². The Morgan fingerprint density at radius 3 is 2.64 bits per heavy atom. The molecule has 0 aliphatic carbocycles. The predicted octanol–water partition coefficient (Wildman–Crippen LogP) is 1.04. The number of amides is 2. The summed E-state index contributed by atoms with van der Waals surface area (Å²) in [6.45, 7) is 4.64. The molecule has 6 nitrogen and oxygen atoms in total. The largest absolute Gasteiger partial charge is 0.379 e. The number of piperidine rings is 1. The molecular formula is C19H27N3O3. The lowest BCUT2D eigenvalue weighted by Gasteiger charge is -2.33. The molecule has 1 aromatic rings. The van der Waals surface area contributed by atoms with E-state index in [0.29, 0.717) is 13.0 Å². The van der Waals surface area contributed by atoms with Crippen LogP contribution in [-0.2, 0) is 14.3 Å². The third-order valence-electron chi connectivity index (χ3n) is 5.09. The van der Waals surface area contributed by atoms with E-state index in [1.807, 2.05) is 30.3 Å². The molecular weight excluding hydrogens is 318 g/mol. The van der Waals surface area contributed by atoms with Crippen LogP contribution in [0.2, 0.25) is 0 Å². The summed E-state index contributed by atoms with van der Waals surface area (Å²) in [4.78, 5) is 28.7. The highest BCUT2D eigenvalue weighted by molar-refractivity contribution is 5.87. The van der Waals surface area contributed by atoms with Gasteiger partial charge in [0.2, 0.25) is 11.8 Å². The lowest BCUT2D eigenvalue weighted by molar-refractivity contribution is -0.139. The topological polar surface area (TPSA) is 61.9 Å². The number of nitrogens with one attached hydrogen (secondary N) is 1. The summed E-state index contributed by atoms with van der Waals surface area (Å²) in [6.07, 6.45) is 1.04. The van der Waals surface area contributed by atoms with Crippen LogP contribution in [-0.4, -0.2) is 68.1 Å². The number of carbonyl (C=O) groups is 2. The van der Waals surface area contributed by atoms with Crippen molar-refractivity contribution < 1.29 is 14.3 Å². The van der Waals surface area contributed by atoms with E-state index in [0.717, 1.165) is 44.8 Å². The molecule has 0 bridgehead atoms. The van der Waals surface area contributed by atoms with Crippen LogP contribution < -0.4 is 5.32 Å². The maximum atomic E-state index is 12.8. The smallest absolute Gasteiger partial charge is 0.224 e. The van der Waals surface area contributed by atoms with Crippen LogP contribution in [0.1, 0.15) is 24.4 Å². The van der Waals surface area contributed by atoms with E-state index in [2.05, 4.69) is 10.2 Å². The Hall–Kier alpha value is -1.92. The van der Waals surface area contributed by atoms with Gasteiger partial charge in [-0.05, 0) is 12.0 Å². The minimum Gasteiger partial charge on any atom is -0.379 e. The lowest BCUT2D eigenvalue weighted by atomic mass is 9.94. The maximum Gasteiger partial charge on any atom is 0.224 e. The lowest BCUT2D eigenvalue weighted by Crippen LogP contribution is -2.46. The number of benzene rings is 1. The number of ether oxygens (including phenoxy) is 1. The van der Waals surface area contributed by atoms with Gasteiger partial charge < -0.3 is 15.0 Å². The first kappa shape index (κ1) is 17.9. The van der Waals surface area contributed by atoms with E-state index in [9.17, 15) is 9.59 Å². The summed E-state index contributed by atoms with van der Waals surface area (Å²) in [7, 11) is 1.79. The molecule has 6 heteroatoms. The Bertz CT molecular complexity index is 587. The van der Waals surface area contributed by atoms with Crippen LogP contribution in [0.15, 0.2) is 30.3 Å². The number of nitrogens with zero attached hydrogens (tertiary/aromatic N) is 2. The van der Waals surface area contributed by atoms with E-state index in [1.54, 1.807) is 11.9 Å². The highest BCUT2D eigenvalue weighted by Crippen LogP contribution is 2.21. The average Bonchev–Trinajstić information content (AvgIpc) is 2.65. The summed E-state index contributed by atoms with van der Waals surface area (Å²) < 4.78 is 5.41. The fraction of sp³-hybridized carbons (Fsp3) is 0.579. The van der Waals surface area contributed by atoms with E-state index in [1.165, 1.54) is 0 Å². The van der Waals surface area contributed by atoms with Crippen molar-refractivity contribution in [1.82, 2.24) is 15.1 Å². The number of carbonyl (C=O) groups excluding carboxylic acids is 2. The predicted molar refractivity (Wildman–Crippen MR) is 94.9 cm³/mol. The standard InChI is InChI=1S/C19H27N3O3/c1-21-8-7-16(13-18(21)23)19(24)20-17(15-5-3-2-4-6-15)14-22-9-11-25-12-10-22/h2-6,16-17H,7-14H2,1H3,(H,20,24). The second kappa shape index (κ2) is 8.45. The van der Waals surface area contributed by atoms with Crippen LogP contribution in [0.4, 0.5) is 0 Å². The van der Waals surface area contributed by atoms with Crippen LogP contribution >= 0.6 is 0 Å². The van der Waals surface area contributed by atoms with Crippen LogP contribution in [0, 0.1) is 5.92 Å². The van der Waals surface area contributed by atoms with Gasteiger partial charge in [-0.15, -0.1) is 0 Å². The van der Waals surface area contributed by atoms with Gasteiger partial charge in [0.05, 0.1) is 19.3 Å². The first-order valence-electron chi connectivity index (χ1n) is 9.03. The van der Waals surface area contributed by atoms with Gasteiger partial charge in [-0.3, -0.25) is 14.5 Å². The van der Waals surface area contributed by atoms with E-state index >= 15 is 0 Å². The number of hydrogen-bond donors (Lipinski definition) is 1. The van der Waals surface area contributed by atoms with Gasteiger partial charge in [-0.2, -0.15) is 0 Å². The molecule has 0 aromatic heterocycles. The Labute approximate surface area is 149 Å². The van der Waals surface area contributed by atoms with Crippen LogP contribution in [0.5, 0.6) is 0 Å². The molecule has 2 fully saturated rings. The zero-order valence-corrected chi connectivity index (χ0v) is 14.8. The molecule has 3 rings (SSSR count). The van der Waals surface area contributed by atoms with Crippen molar-refractivity contribution >= 4 is 11.8 Å². The van der Waals surface area contributed by atoms with Crippen molar-refractivity contribution in [2.75, 3.05) is 46.4 Å². The van der Waals surface area contributed by atoms with Crippen molar-refractivity contribution in [3.05, 3.63) is 35.9 Å². The molecule has 2 heterocycles. The first-order valence-corrected chi connectivity index (χ1v) is 9.03. The van der Waals surface area contributed by atoms with Crippen molar-refractivity contribution in [2.24, 2.45) is 5.92 Å². The maximum absolute atomic E-state index is 12.8. The first-order chi connectivity index (χ1) is 12.1. The number of rotatable bonds is 5. The molecule has 2 aliphatic heterocycles. The van der Waals surface area contributed by atoms with Crippen LogP contribution in [0.25, 0.3) is 0 Å². The summed E-state index contributed by atoms with van der Waals surface area (Å²) in [6, 6.07) is 9.99. The fourth-order valence-electron chi connectivity index (χ4n) is 3.42. The number of likely N-dealkylation sites (tertiary alicyclic amines) is 1. The van der Waals surface area contributed by atoms with Gasteiger partial charge in [0.1, 0.15) is 0 Å². The van der Waals surface area contributed by atoms with Gasteiger partial charge in [-0.25, -0.2) is 0 Å². The molecule has 2 amide bonds. The van der Waals surface area contributed by atoms with Crippen LogP contribution in [0.3, 0.4) is 0 Å². The monoisotopic (exact) mass is 345 g/mol. The van der Waals surface area contributed by atoms with Gasteiger partial charge in [-0.1, -0.05) is 30.3 Å².